The summed E-state index contributed by atoms with van der Waals surface area (Å²) >= 11 is 1.54. The average molecular weight is 206 g/mol. The maximum absolute atomic E-state index is 11.0. The van der Waals surface area contributed by atoms with E-state index in [-0.39, 0.29) is 19.2 Å². The van der Waals surface area contributed by atoms with Crippen LogP contribution in [0.5, 0.6) is 0 Å². The molecule has 0 aliphatic heterocycles. The number of hydrogen-bond donors (Lipinski definition) is 2. The van der Waals surface area contributed by atoms with E-state index in [2.05, 4.69) is 5.32 Å². The summed E-state index contributed by atoms with van der Waals surface area (Å²) in [5, 5.41) is 11.1. The van der Waals surface area contributed by atoms with Crippen molar-refractivity contribution in [2.24, 2.45) is 0 Å². The molecule has 0 fully saturated rings. The predicted octanol–water partition coefficient (Wildman–Crippen LogP) is 0.719. The van der Waals surface area contributed by atoms with E-state index in [1.165, 1.54) is 11.8 Å². The number of amides is 1. The quantitative estimate of drug-likeness (QED) is 0.672. The summed E-state index contributed by atoms with van der Waals surface area (Å²) < 4.78 is 6.81. The highest BCUT2D eigenvalue weighted by atomic mass is 32.2. The Hall–Kier alpha value is -0.710. The summed E-state index contributed by atoms with van der Waals surface area (Å²) in [7, 11) is 0. The summed E-state index contributed by atoms with van der Waals surface area (Å²) in [6.07, 6.45) is 2.35. The first-order valence-electron chi connectivity index (χ1n) is 4.63. The molecular weight excluding hydrogens is 190 g/mol. The number of carbonyl (C=O) groups excluding carboxylic acids is 1. The number of thioether (sulfide) groups is 1. The number of rotatable bonds is 6. The first kappa shape index (κ1) is 10.4. The Balaban J connectivity index is 3.95. The van der Waals surface area contributed by atoms with Gasteiger partial charge in [0, 0.05) is 7.79 Å². The Bertz CT molecular complexity index is 201. The van der Waals surface area contributed by atoms with Gasteiger partial charge in [-0.1, -0.05) is 6.90 Å². The van der Waals surface area contributed by atoms with Crippen molar-refractivity contribution in [2.45, 2.75) is 25.8 Å². The zero-order valence-corrected chi connectivity index (χ0v) is 8.39. The maximum atomic E-state index is 11.0. The number of aliphatic carboxylic acids is 1. The minimum Gasteiger partial charge on any atom is -0.480 e. The maximum Gasteiger partial charge on any atom is 0.326 e. The minimum absolute atomic E-state index is 0.0132. The lowest BCUT2D eigenvalue weighted by Crippen LogP contribution is -2.40. The lowest BCUT2D eigenvalue weighted by molar-refractivity contribution is -0.141. The van der Waals surface area contributed by atoms with Crippen LogP contribution in [0.3, 0.4) is 0 Å². The summed E-state index contributed by atoms with van der Waals surface area (Å²) in [5.41, 5.74) is 0. The second-order valence-electron chi connectivity index (χ2n) is 2.49. The normalized spacial score (nSPS) is 13.2. The smallest absolute Gasteiger partial charge is 0.326 e. The van der Waals surface area contributed by atoms with Crippen LogP contribution >= 0.6 is 11.8 Å². The van der Waals surface area contributed by atoms with Crippen molar-refractivity contribution in [3.05, 3.63) is 0 Å². The highest BCUT2D eigenvalue weighted by molar-refractivity contribution is 7.98. The molecule has 0 rings (SSSR count). The van der Waals surface area contributed by atoms with Crippen LogP contribution in [0.1, 0.15) is 21.1 Å². The molecule has 4 nitrogen and oxygen atoms in total. The molecule has 0 heterocycles. The summed E-state index contributed by atoms with van der Waals surface area (Å²) in [6.45, 7) is -0.0132. The molecule has 5 heteroatoms. The van der Waals surface area contributed by atoms with Gasteiger partial charge < -0.3 is 10.4 Å². The molecule has 0 unspecified atom stereocenters. The van der Waals surface area contributed by atoms with E-state index in [1.807, 2.05) is 6.26 Å². The highest BCUT2D eigenvalue weighted by Crippen LogP contribution is 2.01. The lowest BCUT2D eigenvalue weighted by Gasteiger charge is -2.12. The van der Waals surface area contributed by atoms with Gasteiger partial charge in [-0.3, -0.25) is 4.79 Å². The second-order valence-corrected chi connectivity index (χ2v) is 3.48. The van der Waals surface area contributed by atoms with Crippen molar-refractivity contribution in [1.82, 2.24) is 5.32 Å². The van der Waals surface area contributed by atoms with Crippen LogP contribution in [0.4, 0.5) is 0 Å². The van der Waals surface area contributed by atoms with Gasteiger partial charge in [0.25, 0.3) is 0 Å². The van der Waals surface area contributed by atoms with E-state index in [0.29, 0.717) is 12.2 Å². The van der Waals surface area contributed by atoms with Crippen molar-refractivity contribution >= 4 is 23.6 Å². The zero-order chi connectivity index (χ0) is 11.0. The van der Waals surface area contributed by atoms with Gasteiger partial charge in [0.2, 0.25) is 5.91 Å². The number of hydrogen-bond acceptors (Lipinski definition) is 3. The Morgan fingerprint density at radius 1 is 1.69 bits per heavy atom. The number of carbonyl (C=O) groups is 2. The van der Waals surface area contributed by atoms with E-state index < -0.39 is 12.0 Å². The van der Waals surface area contributed by atoms with Crippen LogP contribution in [-0.2, 0) is 9.59 Å². The molecule has 1 atom stereocenters. The summed E-state index contributed by atoms with van der Waals surface area (Å²) in [5.74, 6) is -0.691. The Morgan fingerprint density at radius 3 is 2.85 bits per heavy atom. The molecule has 0 radical (unpaired) electrons. The van der Waals surface area contributed by atoms with Gasteiger partial charge in [-0.25, -0.2) is 4.79 Å². The van der Waals surface area contributed by atoms with Crippen LogP contribution < -0.4 is 5.32 Å². The lowest BCUT2D eigenvalue weighted by atomic mass is 10.2. The largest absolute Gasteiger partial charge is 0.480 e. The molecule has 0 saturated carbocycles. The molecule has 76 valence electrons. The van der Waals surface area contributed by atoms with Crippen LogP contribution in [0.2, 0.25) is 0 Å². The third-order valence-electron chi connectivity index (χ3n) is 1.47. The van der Waals surface area contributed by atoms with Crippen molar-refractivity contribution < 1.29 is 16.1 Å². The third-order valence-corrected chi connectivity index (χ3v) is 2.11. The standard InChI is InChI=1S/C8H15NO3S/c1-3-7(10)9-6(8(11)12)4-5-13-2/h6H,3-5H2,1-2H3,(H,9,10)(H,11,12)/t6-/m0/s1/i1D. The van der Waals surface area contributed by atoms with Crippen LogP contribution in [0.15, 0.2) is 0 Å². The molecule has 0 bridgehead atoms. The van der Waals surface area contributed by atoms with Gasteiger partial charge in [0.05, 0.1) is 0 Å². The van der Waals surface area contributed by atoms with Gasteiger partial charge >= 0.3 is 5.97 Å². The monoisotopic (exact) mass is 206 g/mol. The van der Waals surface area contributed by atoms with Gasteiger partial charge in [0.15, 0.2) is 0 Å². The molecule has 0 aliphatic rings. The first-order valence-corrected chi connectivity index (χ1v) is 5.31. The van der Waals surface area contributed by atoms with E-state index >= 15 is 0 Å². The molecule has 0 saturated heterocycles. The van der Waals surface area contributed by atoms with Gasteiger partial charge in [0.1, 0.15) is 6.04 Å². The Morgan fingerprint density at radius 2 is 2.38 bits per heavy atom. The highest BCUT2D eigenvalue weighted by Gasteiger charge is 2.17. The molecule has 1 amide bonds. The van der Waals surface area contributed by atoms with E-state index in [1.54, 1.807) is 0 Å². The fraction of sp³-hybridized carbons (Fsp3) is 0.750. The number of nitrogens with one attached hydrogen (secondary N) is 1. The van der Waals surface area contributed by atoms with Gasteiger partial charge in [-0.15, -0.1) is 0 Å². The summed E-state index contributed by atoms with van der Waals surface area (Å²) in [4.78, 5) is 21.7. The second kappa shape index (κ2) is 6.77. The molecule has 0 aromatic rings. The van der Waals surface area contributed by atoms with Crippen LogP contribution in [-0.4, -0.2) is 35.0 Å². The van der Waals surface area contributed by atoms with Crippen molar-refractivity contribution in [1.29, 1.82) is 0 Å². The van der Waals surface area contributed by atoms with Crippen molar-refractivity contribution in [3.63, 3.8) is 0 Å². The summed E-state index contributed by atoms with van der Waals surface area (Å²) in [6, 6.07) is -0.818. The van der Waals surface area contributed by atoms with E-state index in [0.717, 1.165) is 0 Å². The molecule has 0 aromatic heterocycles. The molecule has 0 aliphatic carbocycles. The van der Waals surface area contributed by atoms with Gasteiger partial charge in [-0.2, -0.15) is 11.8 Å². The molecule has 0 aromatic carbocycles. The minimum atomic E-state index is -1.02. The fourth-order valence-electron chi connectivity index (χ4n) is 0.760. The predicted molar refractivity (Wildman–Crippen MR) is 52.9 cm³/mol. The number of carboxylic acids is 1. The molecule has 13 heavy (non-hydrogen) atoms. The molecular formula is C8H15NO3S. The molecule has 0 spiro atoms. The Kier molecular flexibility index (Phi) is 5.40. The van der Waals surface area contributed by atoms with Gasteiger partial charge in [-0.05, 0) is 18.4 Å². The van der Waals surface area contributed by atoms with Crippen molar-refractivity contribution in [3.8, 4) is 0 Å². The SMILES string of the molecule is [2H]CCC(=O)N[C@@H](CCSC)C(=O)O. The van der Waals surface area contributed by atoms with Crippen LogP contribution in [0, 0.1) is 0 Å². The zero-order valence-electron chi connectivity index (χ0n) is 8.58. The first-order chi connectivity index (χ1) is 6.61. The number of carboxylic acid groups (broad SMARTS) is 1. The molecule has 2 N–H and O–H groups in total. The third kappa shape index (κ3) is 5.52. The van der Waals surface area contributed by atoms with E-state index in [9.17, 15) is 9.59 Å². The fourth-order valence-corrected chi connectivity index (χ4v) is 1.23. The van der Waals surface area contributed by atoms with Crippen molar-refractivity contribution in [2.75, 3.05) is 12.0 Å². The Labute approximate surface area is 83.5 Å². The van der Waals surface area contributed by atoms with E-state index in [4.69, 9.17) is 6.48 Å². The van der Waals surface area contributed by atoms with Crippen LogP contribution in [0.25, 0.3) is 0 Å². The average Bonchev–Trinajstić information content (AvgIpc) is 2.12. The topological polar surface area (TPSA) is 66.4 Å².